The normalized spacial score (nSPS) is 14.2. The van der Waals surface area contributed by atoms with E-state index >= 15 is 0 Å². The van der Waals surface area contributed by atoms with Gasteiger partial charge in [0.1, 0.15) is 17.4 Å². The van der Waals surface area contributed by atoms with Gasteiger partial charge in [0.2, 0.25) is 11.0 Å². The molecule has 1 amide bonds. The number of carbonyl (C=O) groups is 1. The van der Waals surface area contributed by atoms with E-state index in [0.29, 0.717) is 11.0 Å². The molecule has 3 aromatic rings. The van der Waals surface area contributed by atoms with Crippen LogP contribution in [-0.2, 0) is 17.1 Å². The SMILES string of the molecule is CSCc1nc2ccccc2n1CC(=O)Nc1nnc(C2CC2)s1. The topological polar surface area (TPSA) is 72.7 Å². The molecular formula is C16H17N5OS2. The first-order chi connectivity index (χ1) is 11.7. The average Bonchev–Trinajstić information content (AvgIpc) is 3.24. The highest BCUT2D eigenvalue weighted by Gasteiger charge is 2.27. The van der Waals surface area contributed by atoms with E-state index in [2.05, 4.69) is 20.5 Å². The van der Waals surface area contributed by atoms with Gasteiger partial charge >= 0.3 is 0 Å². The molecule has 24 heavy (non-hydrogen) atoms. The Morgan fingerprint density at radius 2 is 2.21 bits per heavy atom. The van der Waals surface area contributed by atoms with Crippen LogP contribution in [0, 0.1) is 0 Å². The highest BCUT2D eigenvalue weighted by atomic mass is 32.2. The van der Waals surface area contributed by atoms with Crippen LogP contribution in [0.2, 0.25) is 0 Å². The Balaban J connectivity index is 1.53. The quantitative estimate of drug-likeness (QED) is 0.731. The van der Waals surface area contributed by atoms with Crippen molar-refractivity contribution in [2.75, 3.05) is 11.6 Å². The first-order valence-electron chi connectivity index (χ1n) is 7.81. The molecule has 8 heteroatoms. The highest BCUT2D eigenvalue weighted by Crippen LogP contribution is 2.42. The number of para-hydroxylation sites is 2. The van der Waals surface area contributed by atoms with Gasteiger partial charge in [0.05, 0.1) is 16.8 Å². The molecule has 124 valence electrons. The van der Waals surface area contributed by atoms with Crippen molar-refractivity contribution < 1.29 is 4.79 Å². The summed E-state index contributed by atoms with van der Waals surface area (Å²) in [6.07, 6.45) is 4.40. The molecule has 1 aliphatic rings. The number of anilines is 1. The molecule has 0 saturated heterocycles. The molecule has 6 nitrogen and oxygen atoms in total. The minimum absolute atomic E-state index is 0.0981. The Morgan fingerprint density at radius 3 is 3.00 bits per heavy atom. The Morgan fingerprint density at radius 1 is 1.38 bits per heavy atom. The summed E-state index contributed by atoms with van der Waals surface area (Å²) in [5.41, 5.74) is 1.90. The molecule has 0 radical (unpaired) electrons. The van der Waals surface area contributed by atoms with Crippen LogP contribution in [0.3, 0.4) is 0 Å². The number of thioether (sulfide) groups is 1. The number of carbonyl (C=O) groups excluding carboxylic acids is 1. The van der Waals surface area contributed by atoms with Crippen molar-refractivity contribution in [3.05, 3.63) is 35.1 Å². The van der Waals surface area contributed by atoms with Gasteiger partial charge in [-0.25, -0.2) is 4.98 Å². The van der Waals surface area contributed by atoms with Crippen LogP contribution in [0.25, 0.3) is 11.0 Å². The second-order valence-electron chi connectivity index (χ2n) is 5.80. The molecule has 2 heterocycles. The number of imidazole rings is 1. The van der Waals surface area contributed by atoms with Crippen LogP contribution in [-0.4, -0.2) is 31.9 Å². The maximum absolute atomic E-state index is 12.4. The molecule has 4 rings (SSSR count). The summed E-state index contributed by atoms with van der Waals surface area (Å²) in [5, 5.41) is 12.7. The maximum atomic E-state index is 12.4. The number of hydrogen-bond donors (Lipinski definition) is 1. The third kappa shape index (κ3) is 3.16. The molecule has 1 aromatic carbocycles. The van der Waals surface area contributed by atoms with Crippen molar-refractivity contribution >= 4 is 45.2 Å². The predicted molar refractivity (Wildman–Crippen MR) is 97.5 cm³/mol. The van der Waals surface area contributed by atoms with E-state index in [9.17, 15) is 4.79 Å². The van der Waals surface area contributed by atoms with E-state index in [0.717, 1.165) is 27.6 Å². The summed E-state index contributed by atoms with van der Waals surface area (Å²) >= 11 is 3.17. The lowest BCUT2D eigenvalue weighted by Crippen LogP contribution is -2.20. The predicted octanol–water partition coefficient (Wildman–Crippen LogP) is 3.27. The second-order valence-corrected chi connectivity index (χ2v) is 7.68. The van der Waals surface area contributed by atoms with Crippen LogP contribution in [0.4, 0.5) is 5.13 Å². The summed E-state index contributed by atoms with van der Waals surface area (Å²) in [6.45, 7) is 0.231. The average molecular weight is 359 g/mol. The summed E-state index contributed by atoms with van der Waals surface area (Å²) < 4.78 is 1.98. The number of hydrogen-bond acceptors (Lipinski definition) is 6. The summed E-state index contributed by atoms with van der Waals surface area (Å²) in [7, 11) is 0. The second kappa shape index (κ2) is 6.52. The lowest BCUT2D eigenvalue weighted by Gasteiger charge is -2.08. The van der Waals surface area contributed by atoms with Gasteiger partial charge in [0, 0.05) is 5.92 Å². The van der Waals surface area contributed by atoms with Crippen molar-refractivity contribution in [3.63, 3.8) is 0 Å². The van der Waals surface area contributed by atoms with E-state index in [1.807, 2.05) is 35.1 Å². The molecule has 1 N–H and O–H groups in total. The summed E-state index contributed by atoms with van der Waals surface area (Å²) in [5.74, 6) is 2.14. The van der Waals surface area contributed by atoms with Gasteiger partial charge in [-0.15, -0.1) is 10.2 Å². The van der Waals surface area contributed by atoms with Gasteiger partial charge in [0.25, 0.3) is 0 Å². The maximum Gasteiger partial charge on any atom is 0.246 e. The fraction of sp³-hybridized carbons (Fsp3) is 0.375. The first kappa shape index (κ1) is 15.6. The van der Waals surface area contributed by atoms with Crippen molar-refractivity contribution in [1.82, 2.24) is 19.7 Å². The van der Waals surface area contributed by atoms with Gasteiger partial charge < -0.3 is 4.57 Å². The van der Waals surface area contributed by atoms with Crippen LogP contribution < -0.4 is 5.32 Å². The molecule has 2 aromatic heterocycles. The molecule has 0 atom stereocenters. The fourth-order valence-electron chi connectivity index (χ4n) is 2.62. The first-order valence-corrected chi connectivity index (χ1v) is 10.0. The number of benzene rings is 1. The van der Waals surface area contributed by atoms with Crippen LogP contribution in [0.5, 0.6) is 0 Å². The van der Waals surface area contributed by atoms with Gasteiger partial charge in [-0.1, -0.05) is 23.5 Å². The fourth-order valence-corrected chi connectivity index (χ4v) is 4.03. The number of nitrogens with zero attached hydrogens (tertiary/aromatic N) is 4. The number of rotatable bonds is 6. The number of nitrogens with one attached hydrogen (secondary N) is 1. The largest absolute Gasteiger partial charge is 0.318 e. The molecule has 1 fully saturated rings. The Bertz CT molecular complexity index is 884. The third-order valence-corrected chi connectivity index (χ3v) is 5.47. The molecule has 0 aliphatic heterocycles. The minimum Gasteiger partial charge on any atom is -0.318 e. The minimum atomic E-state index is -0.0981. The number of fused-ring (bicyclic) bond motifs is 1. The van der Waals surface area contributed by atoms with E-state index in [1.165, 1.54) is 24.2 Å². The van der Waals surface area contributed by atoms with Crippen LogP contribution >= 0.6 is 23.1 Å². The van der Waals surface area contributed by atoms with Crippen LogP contribution in [0.15, 0.2) is 24.3 Å². The van der Waals surface area contributed by atoms with E-state index in [4.69, 9.17) is 0 Å². The molecular weight excluding hydrogens is 342 g/mol. The summed E-state index contributed by atoms with van der Waals surface area (Å²) in [4.78, 5) is 17.1. The zero-order valence-corrected chi connectivity index (χ0v) is 14.9. The smallest absolute Gasteiger partial charge is 0.246 e. The zero-order chi connectivity index (χ0) is 16.5. The van der Waals surface area contributed by atoms with Gasteiger partial charge in [0.15, 0.2) is 0 Å². The van der Waals surface area contributed by atoms with Gasteiger partial charge in [-0.3, -0.25) is 10.1 Å². The highest BCUT2D eigenvalue weighted by molar-refractivity contribution is 7.97. The molecule has 0 bridgehead atoms. The van der Waals surface area contributed by atoms with Crippen molar-refractivity contribution in [3.8, 4) is 0 Å². The van der Waals surface area contributed by atoms with Crippen molar-refractivity contribution in [2.45, 2.75) is 31.1 Å². The number of amides is 1. The lowest BCUT2D eigenvalue weighted by molar-refractivity contribution is -0.116. The van der Waals surface area contributed by atoms with E-state index in [-0.39, 0.29) is 12.5 Å². The Hall–Kier alpha value is -1.93. The molecule has 0 unspecified atom stereocenters. The third-order valence-electron chi connectivity index (χ3n) is 3.92. The zero-order valence-electron chi connectivity index (χ0n) is 13.2. The van der Waals surface area contributed by atoms with E-state index in [1.54, 1.807) is 11.8 Å². The molecule has 0 spiro atoms. The van der Waals surface area contributed by atoms with Gasteiger partial charge in [-0.05, 0) is 31.2 Å². The summed E-state index contributed by atoms with van der Waals surface area (Å²) in [6, 6.07) is 7.90. The van der Waals surface area contributed by atoms with Crippen molar-refractivity contribution in [1.29, 1.82) is 0 Å². The molecule has 1 aliphatic carbocycles. The molecule has 1 saturated carbocycles. The Labute approximate surface area is 147 Å². The van der Waals surface area contributed by atoms with E-state index < -0.39 is 0 Å². The van der Waals surface area contributed by atoms with Gasteiger partial charge in [-0.2, -0.15) is 11.8 Å². The standard InChI is InChI=1S/C16H17N5OS2/c1-23-9-13-17-11-4-2-3-5-12(11)21(13)8-14(22)18-16-20-19-15(24-16)10-6-7-10/h2-5,10H,6-9H2,1H3,(H,18,20,22). The monoisotopic (exact) mass is 359 g/mol. The number of aromatic nitrogens is 4. The van der Waals surface area contributed by atoms with Crippen LogP contribution in [0.1, 0.15) is 29.6 Å². The van der Waals surface area contributed by atoms with Crippen molar-refractivity contribution in [2.24, 2.45) is 0 Å². The Kier molecular flexibility index (Phi) is 4.24. The lowest BCUT2D eigenvalue weighted by atomic mass is 10.3.